The van der Waals surface area contributed by atoms with Crippen molar-refractivity contribution < 1.29 is 9.90 Å². The van der Waals surface area contributed by atoms with Crippen LogP contribution in [0.3, 0.4) is 0 Å². The molecule has 3 rings (SSSR count). The molecule has 104 valence electrons. The van der Waals surface area contributed by atoms with Gasteiger partial charge in [0.25, 0.3) is 5.91 Å². The normalized spacial score (nSPS) is 10.3. The van der Waals surface area contributed by atoms with Crippen molar-refractivity contribution in [3.63, 3.8) is 0 Å². The number of aromatic hydroxyl groups is 1. The predicted octanol–water partition coefficient (Wildman–Crippen LogP) is 3.03. The van der Waals surface area contributed by atoms with Gasteiger partial charge in [0.2, 0.25) is 0 Å². The summed E-state index contributed by atoms with van der Waals surface area (Å²) in [5, 5.41) is 19.0. The van der Waals surface area contributed by atoms with Gasteiger partial charge in [-0.1, -0.05) is 24.3 Å². The smallest absolute Gasteiger partial charge is 0.255 e. The standard InChI is InChI=1S/C16H13N3O2/c20-15-4-2-1-3-14(15)19-16(21)12-7-5-11(6-8-12)13-9-17-18-10-13/h1-10,20H,(H,17,18)(H,19,21). The largest absolute Gasteiger partial charge is 0.506 e. The summed E-state index contributed by atoms with van der Waals surface area (Å²) in [4.78, 5) is 12.1. The molecule has 3 aromatic rings. The summed E-state index contributed by atoms with van der Waals surface area (Å²) in [6.45, 7) is 0. The molecule has 0 atom stereocenters. The van der Waals surface area contributed by atoms with E-state index in [4.69, 9.17) is 0 Å². The Morgan fingerprint density at radius 3 is 2.48 bits per heavy atom. The number of para-hydroxylation sites is 2. The minimum absolute atomic E-state index is 0.0425. The van der Waals surface area contributed by atoms with Crippen LogP contribution in [0.2, 0.25) is 0 Å². The Hall–Kier alpha value is -3.08. The van der Waals surface area contributed by atoms with Crippen molar-refractivity contribution in [3.8, 4) is 16.9 Å². The number of amides is 1. The molecule has 2 aromatic carbocycles. The van der Waals surface area contributed by atoms with Gasteiger partial charge in [0.1, 0.15) is 5.75 Å². The number of nitrogens with one attached hydrogen (secondary N) is 2. The highest BCUT2D eigenvalue weighted by Crippen LogP contribution is 2.23. The molecule has 0 saturated carbocycles. The zero-order chi connectivity index (χ0) is 14.7. The summed E-state index contributed by atoms with van der Waals surface area (Å²) in [6.07, 6.45) is 3.51. The number of hydrogen-bond donors (Lipinski definition) is 3. The minimum Gasteiger partial charge on any atom is -0.506 e. The Morgan fingerprint density at radius 2 is 1.81 bits per heavy atom. The van der Waals surface area contributed by atoms with Gasteiger partial charge in [-0.25, -0.2) is 0 Å². The molecule has 0 fully saturated rings. The van der Waals surface area contributed by atoms with Gasteiger partial charge < -0.3 is 10.4 Å². The lowest BCUT2D eigenvalue weighted by Crippen LogP contribution is -2.11. The first kappa shape index (κ1) is 12.9. The van der Waals surface area contributed by atoms with Crippen LogP contribution in [0.4, 0.5) is 5.69 Å². The summed E-state index contributed by atoms with van der Waals surface area (Å²) in [6, 6.07) is 13.8. The van der Waals surface area contributed by atoms with E-state index in [0.717, 1.165) is 11.1 Å². The van der Waals surface area contributed by atoms with Crippen LogP contribution < -0.4 is 5.32 Å². The minimum atomic E-state index is -0.268. The summed E-state index contributed by atoms with van der Waals surface area (Å²) < 4.78 is 0. The lowest BCUT2D eigenvalue weighted by atomic mass is 10.1. The number of H-pyrrole nitrogens is 1. The zero-order valence-electron chi connectivity index (χ0n) is 11.1. The van der Waals surface area contributed by atoms with Gasteiger partial charge in [-0.15, -0.1) is 0 Å². The van der Waals surface area contributed by atoms with Crippen molar-refractivity contribution in [2.75, 3.05) is 5.32 Å². The number of carbonyl (C=O) groups is 1. The van der Waals surface area contributed by atoms with E-state index in [1.165, 1.54) is 6.07 Å². The van der Waals surface area contributed by atoms with E-state index in [1.54, 1.807) is 42.7 Å². The first-order valence-electron chi connectivity index (χ1n) is 6.42. The van der Waals surface area contributed by atoms with E-state index in [2.05, 4.69) is 15.5 Å². The monoisotopic (exact) mass is 279 g/mol. The average molecular weight is 279 g/mol. The predicted molar refractivity (Wildman–Crippen MR) is 80.1 cm³/mol. The van der Waals surface area contributed by atoms with Crippen LogP contribution in [-0.2, 0) is 0 Å². The number of phenols is 1. The number of hydrogen-bond acceptors (Lipinski definition) is 3. The highest BCUT2D eigenvalue weighted by Gasteiger charge is 2.08. The summed E-state index contributed by atoms with van der Waals surface area (Å²) in [7, 11) is 0. The molecule has 5 heteroatoms. The molecule has 0 aliphatic carbocycles. The number of anilines is 1. The fourth-order valence-corrected chi connectivity index (χ4v) is 2.00. The topological polar surface area (TPSA) is 78.0 Å². The van der Waals surface area contributed by atoms with Gasteiger partial charge in [-0.2, -0.15) is 5.10 Å². The van der Waals surface area contributed by atoms with E-state index >= 15 is 0 Å². The molecule has 0 unspecified atom stereocenters. The number of phenolic OH excluding ortho intramolecular Hbond substituents is 1. The molecular weight excluding hydrogens is 266 g/mol. The van der Waals surface area contributed by atoms with E-state index < -0.39 is 0 Å². The molecule has 0 radical (unpaired) electrons. The highest BCUT2D eigenvalue weighted by atomic mass is 16.3. The third-order valence-electron chi connectivity index (χ3n) is 3.13. The van der Waals surface area contributed by atoms with Crippen molar-refractivity contribution >= 4 is 11.6 Å². The molecule has 5 nitrogen and oxygen atoms in total. The van der Waals surface area contributed by atoms with Gasteiger partial charge >= 0.3 is 0 Å². The SMILES string of the molecule is O=C(Nc1ccccc1O)c1ccc(-c2cn[nH]c2)cc1. The number of aromatic nitrogens is 2. The first-order valence-corrected chi connectivity index (χ1v) is 6.42. The quantitative estimate of drug-likeness (QED) is 0.645. The van der Waals surface area contributed by atoms with Gasteiger partial charge in [0.15, 0.2) is 0 Å². The Bertz CT molecular complexity index is 749. The average Bonchev–Trinajstić information content (AvgIpc) is 3.04. The fraction of sp³-hybridized carbons (Fsp3) is 0. The number of benzene rings is 2. The lowest BCUT2D eigenvalue weighted by molar-refractivity contribution is 0.102. The lowest BCUT2D eigenvalue weighted by Gasteiger charge is -2.07. The second-order valence-electron chi connectivity index (χ2n) is 4.54. The molecule has 0 bridgehead atoms. The highest BCUT2D eigenvalue weighted by molar-refractivity contribution is 6.05. The van der Waals surface area contributed by atoms with Gasteiger partial charge in [-0.3, -0.25) is 9.89 Å². The molecule has 21 heavy (non-hydrogen) atoms. The maximum Gasteiger partial charge on any atom is 0.255 e. The second-order valence-corrected chi connectivity index (χ2v) is 4.54. The van der Waals surface area contributed by atoms with Crippen molar-refractivity contribution in [2.24, 2.45) is 0 Å². The first-order chi connectivity index (χ1) is 10.2. The molecule has 1 amide bonds. The van der Waals surface area contributed by atoms with Crippen LogP contribution in [0.15, 0.2) is 60.9 Å². The summed E-state index contributed by atoms with van der Waals surface area (Å²) in [5.74, 6) is -0.226. The number of aromatic amines is 1. The second kappa shape index (κ2) is 5.50. The van der Waals surface area contributed by atoms with Crippen LogP contribution in [0.1, 0.15) is 10.4 Å². The Balaban J connectivity index is 1.78. The zero-order valence-corrected chi connectivity index (χ0v) is 11.1. The van der Waals surface area contributed by atoms with Crippen LogP contribution in [0.5, 0.6) is 5.75 Å². The number of rotatable bonds is 3. The van der Waals surface area contributed by atoms with Crippen LogP contribution in [-0.4, -0.2) is 21.2 Å². The summed E-state index contributed by atoms with van der Waals surface area (Å²) >= 11 is 0. The van der Waals surface area contributed by atoms with E-state index in [9.17, 15) is 9.90 Å². The van der Waals surface area contributed by atoms with Crippen LogP contribution in [0.25, 0.3) is 11.1 Å². The molecule has 0 saturated heterocycles. The molecule has 1 heterocycles. The molecular formula is C16H13N3O2. The van der Waals surface area contributed by atoms with Crippen molar-refractivity contribution in [3.05, 3.63) is 66.5 Å². The fourth-order valence-electron chi connectivity index (χ4n) is 2.00. The Kier molecular flexibility index (Phi) is 3.39. The van der Waals surface area contributed by atoms with E-state index in [-0.39, 0.29) is 11.7 Å². The maximum atomic E-state index is 12.1. The summed E-state index contributed by atoms with van der Waals surface area (Å²) in [5.41, 5.74) is 2.84. The van der Waals surface area contributed by atoms with Crippen LogP contribution in [0, 0.1) is 0 Å². The molecule has 0 aliphatic heterocycles. The molecule has 3 N–H and O–H groups in total. The maximum absolute atomic E-state index is 12.1. The third-order valence-corrected chi connectivity index (χ3v) is 3.13. The molecule has 1 aromatic heterocycles. The van der Waals surface area contributed by atoms with Crippen molar-refractivity contribution in [1.29, 1.82) is 0 Å². The number of carbonyl (C=O) groups excluding carboxylic acids is 1. The molecule has 0 aliphatic rings. The van der Waals surface area contributed by atoms with Gasteiger partial charge in [0, 0.05) is 17.3 Å². The van der Waals surface area contributed by atoms with Gasteiger partial charge in [0.05, 0.1) is 11.9 Å². The van der Waals surface area contributed by atoms with E-state index in [0.29, 0.717) is 11.3 Å². The van der Waals surface area contributed by atoms with E-state index in [1.807, 2.05) is 12.1 Å². The van der Waals surface area contributed by atoms with Crippen molar-refractivity contribution in [2.45, 2.75) is 0 Å². The number of nitrogens with zero attached hydrogens (tertiary/aromatic N) is 1. The van der Waals surface area contributed by atoms with Crippen LogP contribution >= 0.6 is 0 Å². The van der Waals surface area contributed by atoms with Crippen molar-refractivity contribution in [1.82, 2.24) is 10.2 Å². The van der Waals surface area contributed by atoms with Gasteiger partial charge in [-0.05, 0) is 29.8 Å². The Labute approximate surface area is 121 Å². The molecule has 0 spiro atoms. The Morgan fingerprint density at radius 1 is 1.05 bits per heavy atom. The third kappa shape index (κ3) is 2.76.